The van der Waals surface area contributed by atoms with Crippen molar-refractivity contribution in [2.24, 2.45) is 35.3 Å². The molecule has 2 aromatic carbocycles. The number of likely N-dealkylation sites (N-methyl/N-ethyl adjacent to an activating group) is 2. The standard InChI is InChI=1S/C106H173N13O30S/c1-14-78(6)97(89(132-12)73-94(124)117-34-19-23-88(117)99(133-13)79(7)100(125)112-87(104-108-33-69-150-104)70-80-20-16-15-17-21-80)116(9)105(129)96(77(4)5)114-103(128)98-81-25-27-85(72-81)119(98,10)75-82-24-26-84(110-101(126)86(22-18-32-109-106(107)130)111-102(127)95(76(2)3)113-90(120)30-36-134-38-35-118-92(122)28-29-93(118)123)71-83(82)74-115(8)91(121)31-37-135-41-42-137-45-46-139-49-50-141-53-54-143-57-58-145-61-62-147-65-66-149-68-67-148-64-63-146-60-59-144-56-55-142-52-51-140-48-47-138-44-43-136-40-39-131-11/h15-17,20-21,24,26,28-29,33,69,71,76-79,81,85-89,95-99H,14,18-19,22-23,25,27,30-32,34-68,70,72-75H2,1-13H3,(H7-,107,109,110,111,112,113,114,120,125,126,127,128,130)/p+1/t78-,79+,81-,85+,86-,87-,88-,89+,95-,96-,97-,98-,99+,119?/m0/s1. The number of fused-ring (bicyclic) bond motifs is 2. The van der Waals surface area contributed by atoms with Gasteiger partial charge < -0.3 is 147 Å². The summed E-state index contributed by atoms with van der Waals surface area (Å²) in [5.41, 5.74) is 8.19. The van der Waals surface area contributed by atoms with Crippen LogP contribution in [-0.4, -0.2) is 429 Å². The van der Waals surface area contributed by atoms with Gasteiger partial charge in [-0.2, -0.15) is 0 Å². The number of carbonyl (C=O) groups is 11. The lowest BCUT2D eigenvalue weighted by atomic mass is 9.89. The number of hydrogen-bond acceptors (Lipinski definition) is 32. The number of carbonyl (C=O) groups excluding carboxylic acids is 11. The molecule has 3 aliphatic heterocycles. The maximum Gasteiger partial charge on any atom is 0.312 e. The minimum atomic E-state index is -1.23. The van der Waals surface area contributed by atoms with Crippen molar-refractivity contribution in [3.63, 3.8) is 0 Å². The Labute approximate surface area is 889 Å². The van der Waals surface area contributed by atoms with Crippen LogP contribution in [0.1, 0.15) is 147 Å². The van der Waals surface area contributed by atoms with Crippen molar-refractivity contribution in [2.45, 2.75) is 199 Å². The number of nitrogens with one attached hydrogen (secondary N) is 6. The number of anilines is 1. The summed E-state index contributed by atoms with van der Waals surface area (Å²) in [5, 5.41) is 20.3. The number of imide groups is 1. The first-order valence-corrected chi connectivity index (χ1v) is 54.0. The number of quaternary nitrogens is 1. The number of piperidine rings is 1. The van der Waals surface area contributed by atoms with Crippen LogP contribution in [0.25, 0.3) is 0 Å². The van der Waals surface area contributed by atoms with E-state index < -0.39 is 102 Å². The molecule has 2 saturated heterocycles. The van der Waals surface area contributed by atoms with Gasteiger partial charge in [-0.1, -0.05) is 91.3 Å². The van der Waals surface area contributed by atoms with Gasteiger partial charge >= 0.3 is 6.03 Å². The summed E-state index contributed by atoms with van der Waals surface area (Å²) < 4.78 is 107. The Bertz CT molecular complexity index is 4370. The second-order valence-electron chi connectivity index (χ2n) is 38.6. The molecule has 7 rings (SSSR count). The van der Waals surface area contributed by atoms with Gasteiger partial charge in [0.15, 0.2) is 6.04 Å². The van der Waals surface area contributed by atoms with E-state index in [2.05, 4.69) is 43.9 Å². The summed E-state index contributed by atoms with van der Waals surface area (Å²) >= 11 is 1.47. The highest BCUT2D eigenvalue weighted by Crippen LogP contribution is 2.49. The number of nitrogens with two attached hydrogens (primary N) is 1. The van der Waals surface area contributed by atoms with Gasteiger partial charge in [0.25, 0.3) is 17.7 Å². The lowest BCUT2D eigenvalue weighted by Crippen LogP contribution is -2.64. The molecule has 150 heavy (non-hydrogen) atoms. The number of urea groups is 1. The van der Waals surface area contributed by atoms with Crippen molar-refractivity contribution in [1.82, 2.24) is 51.2 Å². The van der Waals surface area contributed by atoms with Gasteiger partial charge in [0.05, 0.1) is 287 Å². The molecule has 1 aromatic heterocycles. The third-order valence-corrected chi connectivity index (χ3v) is 28.0. The summed E-state index contributed by atoms with van der Waals surface area (Å²) in [6.45, 7) is 26.9. The zero-order valence-corrected chi connectivity index (χ0v) is 91.7. The van der Waals surface area contributed by atoms with E-state index >= 15 is 9.59 Å². The smallest absolute Gasteiger partial charge is 0.312 e. The highest BCUT2D eigenvalue weighted by molar-refractivity contribution is 7.09. The Kier molecular flexibility index (Phi) is 63.4. The molecule has 4 aliphatic rings. The van der Waals surface area contributed by atoms with Crippen molar-refractivity contribution in [2.75, 3.05) is 285 Å². The number of benzene rings is 2. The van der Waals surface area contributed by atoms with Crippen molar-refractivity contribution < 1.29 is 147 Å². The van der Waals surface area contributed by atoms with Crippen LogP contribution in [0.2, 0.25) is 0 Å². The average molecular weight is 2140 g/mol. The van der Waals surface area contributed by atoms with E-state index in [0.29, 0.717) is 235 Å². The number of aromatic nitrogens is 1. The molecule has 3 aromatic rings. The number of rotatable bonds is 87. The van der Waals surface area contributed by atoms with Crippen molar-refractivity contribution in [1.29, 1.82) is 0 Å². The van der Waals surface area contributed by atoms with E-state index in [4.69, 9.17) is 95.7 Å². The molecule has 44 heteroatoms. The van der Waals surface area contributed by atoms with E-state index in [1.807, 2.05) is 76.4 Å². The topological polar surface area (TPSA) is 487 Å². The number of methoxy groups -OCH3 is 3. The SMILES string of the molecule is CC[C@H](C)[C@@H]([C@@H](CC(=O)N1CCC[C@H]1[C@H](OC)[C@@H](C)C(=O)N[C@@H](Cc1ccccc1)c1nccs1)OC)N(C)C(=O)[C@@H](NC(=O)[C@@H]1[C@H]2CC[C@H](C2)[N+]1(C)Cc1ccc(NC(=O)[C@H](CCCNC(N)=O)NC(=O)[C@@H](NC(=O)CCOCCN2C(=O)C=CC2=O)C(C)C)cc1CN(C)C(=O)CCOCCOCCOCCOCCOCCOCCOCCOCCOCCOCCOCCOCCOCCOCCOCCOC)C(C)C. The number of nitrogens with zero attached hydrogens (tertiary/aromatic N) is 6. The Balaban J connectivity index is 0.872. The monoisotopic (exact) mass is 2140 g/mol. The van der Waals surface area contributed by atoms with Crippen LogP contribution in [0.15, 0.2) is 72.3 Å². The molecule has 1 unspecified atom stereocenters. The molecule has 0 spiro atoms. The lowest BCUT2D eigenvalue weighted by Gasteiger charge is -2.45. The summed E-state index contributed by atoms with van der Waals surface area (Å²) in [7, 11) is 10.2. The Morgan fingerprint density at radius 3 is 1.55 bits per heavy atom. The van der Waals surface area contributed by atoms with Gasteiger partial charge in [0, 0.05) is 109 Å². The maximum absolute atomic E-state index is 15.7. The summed E-state index contributed by atoms with van der Waals surface area (Å²) in [6.07, 6.45) is 7.39. The number of likely N-dealkylation sites (tertiary alicyclic amines) is 2. The predicted octanol–water partition coefficient (Wildman–Crippen LogP) is 5.39. The molecule has 1 saturated carbocycles. The number of primary amides is 1. The van der Waals surface area contributed by atoms with Gasteiger partial charge in [0.1, 0.15) is 29.7 Å². The van der Waals surface area contributed by atoms with Crippen LogP contribution < -0.4 is 37.6 Å². The highest BCUT2D eigenvalue weighted by Gasteiger charge is 2.60. The second-order valence-corrected chi connectivity index (χ2v) is 39.5. The molecule has 14 atom stereocenters. The number of ether oxygens (including phenoxy) is 19. The number of thiazole rings is 1. The van der Waals surface area contributed by atoms with E-state index in [1.165, 1.54) is 11.3 Å². The summed E-state index contributed by atoms with van der Waals surface area (Å²) in [4.78, 5) is 164. The van der Waals surface area contributed by atoms with Crippen LogP contribution in [0, 0.1) is 29.6 Å². The highest BCUT2D eigenvalue weighted by atomic mass is 32.1. The molecule has 848 valence electrons. The van der Waals surface area contributed by atoms with E-state index in [9.17, 15) is 43.2 Å². The maximum atomic E-state index is 15.7. The summed E-state index contributed by atoms with van der Waals surface area (Å²) in [5.74, 6) is -5.83. The minimum absolute atomic E-state index is 0.00795. The van der Waals surface area contributed by atoms with Gasteiger partial charge in [-0.15, -0.1) is 11.3 Å². The Morgan fingerprint density at radius 1 is 0.560 bits per heavy atom. The van der Waals surface area contributed by atoms with Crippen molar-refractivity contribution >= 4 is 82.1 Å². The molecule has 0 radical (unpaired) electrons. The molecule has 1 aliphatic carbocycles. The van der Waals surface area contributed by atoms with E-state index in [-0.39, 0.29) is 143 Å². The van der Waals surface area contributed by atoms with Crippen LogP contribution in [0.4, 0.5) is 10.5 Å². The predicted molar refractivity (Wildman–Crippen MR) is 558 cm³/mol. The normalized spacial score (nSPS) is 18.2. The van der Waals surface area contributed by atoms with E-state index in [1.54, 1.807) is 82.3 Å². The molecular weight excluding hydrogens is 1970 g/mol. The van der Waals surface area contributed by atoms with Gasteiger partial charge in [-0.25, -0.2) is 9.78 Å². The minimum Gasteiger partial charge on any atom is -0.382 e. The third-order valence-electron chi connectivity index (χ3n) is 27.1. The fourth-order valence-corrected chi connectivity index (χ4v) is 19.5. The number of hydrogen-bond donors (Lipinski definition) is 7. The first-order valence-electron chi connectivity index (χ1n) is 53.1. The zero-order chi connectivity index (χ0) is 109. The third kappa shape index (κ3) is 46.8. The second kappa shape index (κ2) is 74.3. The average Bonchev–Trinajstić information content (AvgIpc) is 1.66. The first kappa shape index (κ1) is 128. The van der Waals surface area contributed by atoms with Gasteiger partial charge in [-0.3, -0.25) is 52.8 Å². The van der Waals surface area contributed by atoms with Crippen LogP contribution in [-0.2, 0) is 157 Å². The van der Waals surface area contributed by atoms with Crippen LogP contribution in [0.5, 0.6) is 0 Å². The van der Waals surface area contributed by atoms with Crippen LogP contribution >= 0.6 is 11.3 Å². The van der Waals surface area contributed by atoms with E-state index in [0.717, 1.165) is 52.4 Å². The molecule has 4 heterocycles. The molecular formula is C106H174N13O30S+. The van der Waals surface area contributed by atoms with Gasteiger partial charge in [0.2, 0.25) is 41.4 Å². The first-order chi connectivity index (χ1) is 72.5. The quantitative estimate of drug-likeness (QED) is 0.0211. The van der Waals surface area contributed by atoms with Crippen LogP contribution in [0.3, 0.4) is 0 Å². The molecule has 3 fully saturated rings. The number of amides is 12. The van der Waals surface area contributed by atoms with Crippen molar-refractivity contribution in [3.8, 4) is 0 Å². The molecule has 8 N–H and O–H groups in total. The Morgan fingerprint density at radius 2 is 1.07 bits per heavy atom. The molecule has 43 nitrogen and oxygen atoms in total. The molecule has 12 amide bonds. The fraction of sp³-hybridized carbons (Fsp3) is 0.736. The summed E-state index contributed by atoms with van der Waals surface area (Å²) in [6, 6.07) is 9.08. The van der Waals surface area contributed by atoms with Gasteiger partial charge in [-0.05, 0) is 86.0 Å². The van der Waals surface area contributed by atoms with Crippen molar-refractivity contribution in [3.05, 3.63) is 94.0 Å². The fourth-order valence-electron chi connectivity index (χ4n) is 18.8. The largest absolute Gasteiger partial charge is 0.382 e. The lowest BCUT2D eigenvalue weighted by molar-refractivity contribution is -0.952. The zero-order valence-electron chi connectivity index (χ0n) is 90.9. The Hall–Kier alpha value is -8.82. The molecule has 2 bridgehead atoms.